The van der Waals surface area contributed by atoms with Gasteiger partial charge in [-0.25, -0.2) is 0 Å². The topological polar surface area (TPSA) is 21.3 Å². The molecular weight excluding hydrogens is 281 g/mol. The van der Waals surface area contributed by atoms with E-state index in [1.54, 1.807) is 6.07 Å². The van der Waals surface area contributed by atoms with Crippen molar-refractivity contribution in [2.24, 2.45) is 5.92 Å². The van der Waals surface area contributed by atoms with E-state index in [1.807, 2.05) is 6.07 Å². The van der Waals surface area contributed by atoms with E-state index in [4.69, 9.17) is 27.9 Å². The molecule has 1 unspecified atom stereocenters. The highest BCUT2D eigenvalue weighted by molar-refractivity contribution is 6.35. The van der Waals surface area contributed by atoms with Gasteiger partial charge in [0.05, 0.1) is 11.6 Å². The average molecular weight is 302 g/mol. The maximum Gasteiger partial charge on any atom is 0.142 e. The Morgan fingerprint density at radius 1 is 1.37 bits per heavy atom. The lowest BCUT2D eigenvalue weighted by atomic mass is 10.00. The van der Waals surface area contributed by atoms with Gasteiger partial charge in [-0.05, 0) is 37.4 Å². The van der Waals surface area contributed by atoms with Gasteiger partial charge in [-0.15, -0.1) is 0 Å². The highest BCUT2D eigenvalue weighted by Crippen LogP contribution is 2.39. The van der Waals surface area contributed by atoms with E-state index in [9.17, 15) is 0 Å². The van der Waals surface area contributed by atoms with Gasteiger partial charge in [-0.1, -0.05) is 37.0 Å². The maximum atomic E-state index is 6.18. The summed E-state index contributed by atoms with van der Waals surface area (Å²) in [6, 6.07) is 4.00. The fraction of sp³-hybridized carbons (Fsp3) is 0.600. The largest absolute Gasteiger partial charge is 0.492 e. The molecule has 0 bridgehead atoms. The van der Waals surface area contributed by atoms with Crippen molar-refractivity contribution < 1.29 is 4.74 Å². The number of ether oxygens (including phenoxy) is 1. The zero-order chi connectivity index (χ0) is 13.8. The lowest BCUT2D eigenvalue weighted by Crippen LogP contribution is -2.28. The van der Waals surface area contributed by atoms with Crippen LogP contribution in [0.15, 0.2) is 12.1 Å². The van der Waals surface area contributed by atoms with Crippen LogP contribution in [-0.4, -0.2) is 13.2 Å². The molecule has 1 heterocycles. The highest BCUT2D eigenvalue weighted by Gasteiger charge is 2.23. The van der Waals surface area contributed by atoms with Crippen molar-refractivity contribution in [3.8, 4) is 5.75 Å². The Balaban J connectivity index is 2.01. The number of benzene rings is 1. The summed E-state index contributed by atoms with van der Waals surface area (Å²) < 4.78 is 5.65. The van der Waals surface area contributed by atoms with Crippen LogP contribution >= 0.6 is 23.2 Å². The molecule has 1 aromatic rings. The summed E-state index contributed by atoms with van der Waals surface area (Å²) in [4.78, 5) is 0. The van der Waals surface area contributed by atoms with Crippen molar-refractivity contribution in [3.05, 3.63) is 27.7 Å². The molecule has 1 atom stereocenters. The molecule has 19 heavy (non-hydrogen) atoms. The number of fused-ring (bicyclic) bond motifs is 1. The monoisotopic (exact) mass is 301 g/mol. The van der Waals surface area contributed by atoms with Crippen molar-refractivity contribution in [1.29, 1.82) is 0 Å². The molecule has 1 aliphatic rings. The smallest absolute Gasteiger partial charge is 0.142 e. The number of hydrogen-bond donors (Lipinski definition) is 1. The first-order chi connectivity index (χ1) is 9.08. The highest BCUT2D eigenvalue weighted by atomic mass is 35.5. The number of halogens is 2. The van der Waals surface area contributed by atoms with Gasteiger partial charge >= 0.3 is 0 Å². The zero-order valence-electron chi connectivity index (χ0n) is 11.5. The lowest BCUT2D eigenvalue weighted by Gasteiger charge is -2.28. The van der Waals surface area contributed by atoms with E-state index in [1.165, 1.54) is 12.8 Å². The molecule has 0 saturated heterocycles. The van der Waals surface area contributed by atoms with Crippen LogP contribution < -0.4 is 10.1 Å². The predicted octanol–water partition coefficient (Wildman–Crippen LogP) is 4.84. The van der Waals surface area contributed by atoms with Crippen LogP contribution in [0, 0.1) is 5.92 Å². The van der Waals surface area contributed by atoms with E-state index >= 15 is 0 Å². The average Bonchev–Trinajstić information content (AvgIpc) is 2.34. The minimum Gasteiger partial charge on any atom is -0.492 e. The Kier molecular flexibility index (Phi) is 5.37. The van der Waals surface area contributed by atoms with Gasteiger partial charge in [-0.3, -0.25) is 0 Å². The molecule has 1 aromatic carbocycles. The van der Waals surface area contributed by atoms with Crippen LogP contribution in [0.3, 0.4) is 0 Å². The first-order valence-corrected chi connectivity index (χ1v) is 7.68. The molecule has 1 N–H and O–H groups in total. The van der Waals surface area contributed by atoms with Crippen LogP contribution in [0.1, 0.15) is 44.7 Å². The molecule has 0 fully saturated rings. The third-order valence-corrected chi connectivity index (χ3v) is 3.91. The first-order valence-electron chi connectivity index (χ1n) is 6.93. The number of hydrogen-bond acceptors (Lipinski definition) is 2. The Bertz CT molecular complexity index is 434. The fourth-order valence-electron chi connectivity index (χ4n) is 2.42. The van der Waals surface area contributed by atoms with Gasteiger partial charge < -0.3 is 10.1 Å². The molecule has 0 spiro atoms. The molecule has 2 rings (SSSR count). The molecule has 0 saturated carbocycles. The SMILES string of the molecule is CC(C)CCCNC1CCOc2c(Cl)cc(Cl)cc21. The van der Waals surface area contributed by atoms with Crippen LogP contribution in [0.2, 0.25) is 10.0 Å². The fourth-order valence-corrected chi connectivity index (χ4v) is 2.99. The second kappa shape index (κ2) is 6.83. The Hall–Kier alpha value is -0.440. The second-order valence-corrected chi connectivity index (χ2v) is 6.33. The summed E-state index contributed by atoms with van der Waals surface area (Å²) in [6.45, 7) is 6.23. The van der Waals surface area contributed by atoms with Crippen molar-refractivity contribution in [3.63, 3.8) is 0 Å². The van der Waals surface area contributed by atoms with E-state index in [-0.39, 0.29) is 0 Å². The van der Waals surface area contributed by atoms with Gasteiger partial charge in [0, 0.05) is 23.0 Å². The summed E-state index contributed by atoms with van der Waals surface area (Å²) in [5.41, 5.74) is 1.09. The molecule has 0 amide bonds. The van der Waals surface area contributed by atoms with Crippen LogP contribution in [0.4, 0.5) is 0 Å². The zero-order valence-corrected chi connectivity index (χ0v) is 13.0. The Morgan fingerprint density at radius 2 is 2.16 bits per heavy atom. The summed E-state index contributed by atoms with van der Waals surface area (Å²) >= 11 is 12.3. The Morgan fingerprint density at radius 3 is 2.89 bits per heavy atom. The third-order valence-electron chi connectivity index (χ3n) is 3.41. The molecule has 0 aromatic heterocycles. The minimum atomic E-state index is 0.298. The lowest BCUT2D eigenvalue weighted by molar-refractivity contribution is 0.252. The summed E-state index contributed by atoms with van der Waals surface area (Å²) in [6.07, 6.45) is 3.41. The molecule has 1 aliphatic heterocycles. The molecule has 0 aliphatic carbocycles. The van der Waals surface area contributed by atoms with E-state index in [0.29, 0.717) is 22.7 Å². The Labute approximate surface area is 125 Å². The summed E-state index contributed by atoms with van der Waals surface area (Å²) in [5.74, 6) is 1.55. The minimum absolute atomic E-state index is 0.298. The third kappa shape index (κ3) is 4.01. The second-order valence-electron chi connectivity index (χ2n) is 5.49. The van der Waals surface area contributed by atoms with Gasteiger partial charge in [0.1, 0.15) is 5.75 Å². The van der Waals surface area contributed by atoms with Crippen molar-refractivity contribution in [1.82, 2.24) is 5.32 Å². The van der Waals surface area contributed by atoms with Gasteiger partial charge in [0.15, 0.2) is 0 Å². The van der Waals surface area contributed by atoms with Crippen molar-refractivity contribution >= 4 is 23.2 Å². The standard InChI is InChI=1S/C15H21Cl2NO/c1-10(2)4-3-6-18-14-5-7-19-15-12(14)8-11(16)9-13(15)17/h8-10,14,18H,3-7H2,1-2H3. The van der Waals surface area contributed by atoms with Gasteiger partial charge in [0.2, 0.25) is 0 Å². The van der Waals surface area contributed by atoms with E-state index in [2.05, 4.69) is 19.2 Å². The van der Waals surface area contributed by atoms with Crippen LogP contribution in [0.25, 0.3) is 0 Å². The van der Waals surface area contributed by atoms with Gasteiger partial charge in [0.25, 0.3) is 0 Å². The number of rotatable bonds is 5. The first kappa shape index (κ1) is 15.0. The summed E-state index contributed by atoms with van der Waals surface area (Å²) in [7, 11) is 0. The van der Waals surface area contributed by atoms with Crippen molar-refractivity contribution in [2.75, 3.05) is 13.2 Å². The summed E-state index contributed by atoms with van der Waals surface area (Å²) in [5, 5.41) is 4.87. The molecule has 4 heteroatoms. The van der Waals surface area contributed by atoms with E-state index in [0.717, 1.165) is 30.2 Å². The van der Waals surface area contributed by atoms with E-state index < -0.39 is 0 Å². The van der Waals surface area contributed by atoms with Crippen LogP contribution in [0.5, 0.6) is 5.75 Å². The van der Waals surface area contributed by atoms with Crippen LogP contribution in [-0.2, 0) is 0 Å². The molecule has 106 valence electrons. The molecular formula is C15H21Cl2NO. The number of nitrogens with one attached hydrogen (secondary N) is 1. The van der Waals surface area contributed by atoms with Gasteiger partial charge in [-0.2, -0.15) is 0 Å². The van der Waals surface area contributed by atoms with Crippen molar-refractivity contribution in [2.45, 2.75) is 39.2 Å². The maximum absolute atomic E-state index is 6.18. The predicted molar refractivity (Wildman–Crippen MR) is 81.4 cm³/mol. The molecule has 0 radical (unpaired) electrons. The normalized spacial score (nSPS) is 18.3. The molecule has 2 nitrogen and oxygen atoms in total. The quantitative estimate of drug-likeness (QED) is 0.786.